The first-order valence-electron chi connectivity index (χ1n) is 10.9. The van der Waals surface area contributed by atoms with Gasteiger partial charge in [-0.2, -0.15) is 0 Å². The topological polar surface area (TPSA) is 87.3 Å². The highest BCUT2D eigenvalue weighted by molar-refractivity contribution is 6.78. The third-order valence-corrected chi connectivity index (χ3v) is 7.79. The normalized spacial score (nSPS) is 11.1. The molecule has 0 atom stereocenters. The van der Waals surface area contributed by atoms with Gasteiger partial charge in [-0.1, -0.05) is 66.2 Å². The van der Waals surface area contributed by atoms with E-state index in [0.29, 0.717) is 25.3 Å². The number of hydrogen-bond donors (Lipinski definition) is 3. The number of nitrogens with one attached hydrogen (secondary N) is 3. The van der Waals surface area contributed by atoms with Crippen molar-refractivity contribution < 1.29 is 14.4 Å². The van der Waals surface area contributed by atoms with Gasteiger partial charge in [0.25, 0.3) is 0 Å². The van der Waals surface area contributed by atoms with E-state index >= 15 is 0 Å². The lowest BCUT2D eigenvalue weighted by Gasteiger charge is -2.32. The van der Waals surface area contributed by atoms with Crippen LogP contribution in [0.3, 0.4) is 0 Å². The molecule has 0 aromatic heterocycles. The summed E-state index contributed by atoms with van der Waals surface area (Å²) in [5.74, 6) is -0.251. The number of carbonyl (C=O) groups excluding carboxylic acids is 3. The van der Waals surface area contributed by atoms with Crippen LogP contribution < -0.4 is 14.9 Å². The molecule has 6 nitrogen and oxygen atoms in total. The maximum Gasteiger partial charge on any atom is 0.378 e. The summed E-state index contributed by atoms with van der Waals surface area (Å²) in [6.07, 6.45) is 9.91. The zero-order valence-corrected chi connectivity index (χ0v) is 18.9. The molecule has 158 valence electrons. The Bertz CT molecular complexity index is 384. The summed E-state index contributed by atoms with van der Waals surface area (Å²) < 4.78 is 0. The van der Waals surface area contributed by atoms with Crippen molar-refractivity contribution in [1.82, 2.24) is 14.9 Å². The molecule has 0 bridgehead atoms. The highest BCUT2D eigenvalue weighted by Crippen LogP contribution is 2.07. The molecule has 0 aromatic carbocycles. The molecular formula is C20H41N3O3Si. The second-order valence-corrected chi connectivity index (χ2v) is 10.5. The minimum absolute atomic E-state index is 0.0836. The van der Waals surface area contributed by atoms with E-state index in [9.17, 15) is 14.4 Å². The van der Waals surface area contributed by atoms with Gasteiger partial charge in [0.2, 0.25) is 17.7 Å². The Morgan fingerprint density at radius 1 is 0.556 bits per heavy atom. The number of unbranched alkanes of at least 4 members (excludes halogenated alkanes) is 6. The lowest BCUT2D eigenvalue weighted by Crippen LogP contribution is -2.75. The van der Waals surface area contributed by atoms with Crippen molar-refractivity contribution in [3.8, 4) is 0 Å². The zero-order chi connectivity index (χ0) is 20.5. The summed E-state index contributed by atoms with van der Waals surface area (Å²) in [5, 5.41) is 0. The van der Waals surface area contributed by atoms with Crippen molar-refractivity contribution in [2.24, 2.45) is 0 Å². The van der Waals surface area contributed by atoms with Gasteiger partial charge in [0.05, 0.1) is 0 Å². The van der Waals surface area contributed by atoms with E-state index in [1.807, 2.05) is 6.92 Å². The predicted molar refractivity (Wildman–Crippen MR) is 113 cm³/mol. The molecule has 0 aliphatic rings. The summed E-state index contributed by atoms with van der Waals surface area (Å²) in [6, 6.07) is 0.533. The van der Waals surface area contributed by atoms with Gasteiger partial charge in [-0.15, -0.1) is 0 Å². The van der Waals surface area contributed by atoms with Gasteiger partial charge >= 0.3 is 8.56 Å². The number of amides is 3. The number of carbonyl (C=O) groups is 3. The van der Waals surface area contributed by atoms with E-state index in [0.717, 1.165) is 57.8 Å². The predicted octanol–water partition coefficient (Wildman–Crippen LogP) is 4.03. The van der Waals surface area contributed by atoms with Crippen molar-refractivity contribution in [2.75, 3.05) is 0 Å². The third kappa shape index (κ3) is 12.6. The summed E-state index contributed by atoms with van der Waals surface area (Å²) in [6.45, 7) is 8.19. The monoisotopic (exact) mass is 399 g/mol. The molecule has 0 fully saturated rings. The number of hydrogen-bond acceptors (Lipinski definition) is 3. The molecule has 0 spiro atoms. The van der Waals surface area contributed by atoms with E-state index in [2.05, 4.69) is 35.7 Å². The molecule has 0 saturated carbocycles. The summed E-state index contributed by atoms with van der Waals surface area (Å²) in [4.78, 5) is 46.2. The van der Waals surface area contributed by atoms with Gasteiger partial charge in [0.15, 0.2) is 0 Å². The average molecular weight is 400 g/mol. The molecule has 0 radical (unpaired) electrons. The van der Waals surface area contributed by atoms with E-state index < -0.39 is 8.56 Å². The van der Waals surface area contributed by atoms with Crippen molar-refractivity contribution in [3.05, 3.63) is 0 Å². The fourth-order valence-electron chi connectivity index (χ4n) is 2.87. The maximum atomic E-state index is 12.4. The second-order valence-electron chi connectivity index (χ2n) is 7.27. The van der Waals surface area contributed by atoms with E-state index in [1.165, 1.54) is 0 Å². The first-order valence-corrected chi connectivity index (χ1v) is 13.1. The van der Waals surface area contributed by atoms with Gasteiger partial charge in [0.1, 0.15) is 0 Å². The highest BCUT2D eigenvalue weighted by atomic mass is 28.4. The van der Waals surface area contributed by atoms with Crippen molar-refractivity contribution in [1.29, 1.82) is 0 Å². The Labute approximate surface area is 166 Å². The minimum atomic E-state index is -2.94. The first-order chi connectivity index (χ1) is 12.9. The fourth-order valence-corrected chi connectivity index (χ4v) is 5.39. The quantitative estimate of drug-likeness (QED) is 0.270. The van der Waals surface area contributed by atoms with Crippen LogP contribution in [-0.2, 0) is 14.4 Å². The Morgan fingerprint density at radius 2 is 0.852 bits per heavy atom. The minimum Gasteiger partial charge on any atom is -0.348 e. The second kappa shape index (κ2) is 15.7. The van der Waals surface area contributed by atoms with Crippen LogP contribution >= 0.6 is 0 Å². The molecule has 0 aliphatic heterocycles. The van der Waals surface area contributed by atoms with Crippen LogP contribution in [0.15, 0.2) is 0 Å². The summed E-state index contributed by atoms with van der Waals surface area (Å²) >= 11 is 0. The van der Waals surface area contributed by atoms with Crippen LogP contribution in [0.2, 0.25) is 6.04 Å². The summed E-state index contributed by atoms with van der Waals surface area (Å²) in [5.41, 5.74) is 0. The number of rotatable bonds is 16. The summed E-state index contributed by atoms with van der Waals surface area (Å²) in [7, 11) is -2.94. The Balaban J connectivity index is 4.97. The maximum absolute atomic E-state index is 12.4. The molecule has 0 rings (SSSR count). The Kier molecular flexibility index (Phi) is 14.9. The molecular weight excluding hydrogens is 358 g/mol. The van der Waals surface area contributed by atoms with Crippen molar-refractivity contribution >= 4 is 26.3 Å². The molecule has 0 unspecified atom stereocenters. The van der Waals surface area contributed by atoms with Gasteiger partial charge < -0.3 is 14.9 Å². The molecule has 3 amide bonds. The van der Waals surface area contributed by atoms with Crippen LogP contribution in [-0.4, -0.2) is 26.3 Å². The standard InChI is InChI=1S/C20H41N3O3Si/c1-5-9-12-15-18(24)21-27(8-4,22-19(25)16-13-10-6-2)23-20(26)17-14-11-7-3/h5-17H2,1-4H3,(H,21,24)(H,22,25)(H,23,26). The van der Waals surface area contributed by atoms with Crippen LogP contribution in [0.5, 0.6) is 0 Å². The zero-order valence-electron chi connectivity index (χ0n) is 17.9. The van der Waals surface area contributed by atoms with E-state index in [4.69, 9.17) is 0 Å². The van der Waals surface area contributed by atoms with Crippen LogP contribution in [0.25, 0.3) is 0 Å². The van der Waals surface area contributed by atoms with Gasteiger partial charge in [-0.3, -0.25) is 14.4 Å². The van der Waals surface area contributed by atoms with Crippen LogP contribution in [0.1, 0.15) is 105 Å². The average Bonchev–Trinajstić information content (AvgIpc) is 2.62. The lowest BCUT2D eigenvalue weighted by atomic mass is 10.2. The van der Waals surface area contributed by atoms with Gasteiger partial charge in [-0.25, -0.2) is 0 Å². The van der Waals surface area contributed by atoms with E-state index in [1.54, 1.807) is 0 Å². The molecule has 0 heterocycles. The lowest BCUT2D eigenvalue weighted by molar-refractivity contribution is -0.120. The Hall–Kier alpha value is -1.37. The van der Waals surface area contributed by atoms with E-state index in [-0.39, 0.29) is 17.7 Å². The van der Waals surface area contributed by atoms with Crippen molar-refractivity contribution in [2.45, 2.75) is 111 Å². The smallest absolute Gasteiger partial charge is 0.348 e. The molecule has 3 N–H and O–H groups in total. The molecule has 0 aromatic rings. The molecule has 27 heavy (non-hydrogen) atoms. The van der Waals surface area contributed by atoms with Crippen LogP contribution in [0, 0.1) is 0 Å². The van der Waals surface area contributed by atoms with Crippen molar-refractivity contribution in [3.63, 3.8) is 0 Å². The highest BCUT2D eigenvalue weighted by Gasteiger charge is 2.38. The fraction of sp³-hybridized carbons (Fsp3) is 0.850. The third-order valence-electron chi connectivity index (χ3n) is 4.61. The molecule has 0 saturated heterocycles. The molecule has 7 heteroatoms. The SMILES string of the molecule is CCCCCC(=O)N[Si](CC)(NC(=O)CCCCC)NC(=O)CCCCC. The van der Waals surface area contributed by atoms with Crippen LogP contribution in [0.4, 0.5) is 0 Å². The Morgan fingerprint density at radius 3 is 1.07 bits per heavy atom. The largest absolute Gasteiger partial charge is 0.378 e. The molecule has 0 aliphatic carbocycles. The van der Waals surface area contributed by atoms with Gasteiger partial charge in [-0.05, 0) is 25.3 Å². The van der Waals surface area contributed by atoms with Gasteiger partial charge in [0, 0.05) is 19.3 Å². The first kappa shape index (κ1) is 25.6.